The third-order valence-electron chi connectivity index (χ3n) is 3.55. The predicted molar refractivity (Wildman–Crippen MR) is 100 cm³/mol. The van der Waals surface area contributed by atoms with Crippen molar-refractivity contribution in [2.45, 2.75) is 0 Å². The van der Waals surface area contributed by atoms with E-state index in [9.17, 15) is 10.1 Å². The molecule has 3 aromatic rings. The van der Waals surface area contributed by atoms with E-state index in [1.807, 2.05) is 72.8 Å². The van der Waals surface area contributed by atoms with Crippen LogP contribution in [0.4, 0.5) is 5.69 Å². The van der Waals surface area contributed by atoms with Crippen molar-refractivity contribution in [3.05, 3.63) is 82.3 Å². The zero-order valence-corrected chi connectivity index (χ0v) is 14.2. The SMILES string of the molecule is N#C/C(=C\c1ccc(Br)cc1)C(=O)Nc1ccc2ccccc2c1. The number of fused-ring (bicyclic) bond motifs is 1. The summed E-state index contributed by atoms with van der Waals surface area (Å²) >= 11 is 3.36. The molecule has 1 amide bonds. The van der Waals surface area contributed by atoms with Crippen molar-refractivity contribution >= 4 is 44.4 Å². The van der Waals surface area contributed by atoms with Gasteiger partial charge in [-0.3, -0.25) is 4.79 Å². The van der Waals surface area contributed by atoms with Crippen LogP contribution in [0.25, 0.3) is 16.8 Å². The van der Waals surface area contributed by atoms with Gasteiger partial charge in [-0.25, -0.2) is 0 Å². The maximum absolute atomic E-state index is 12.3. The third-order valence-corrected chi connectivity index (χ3v) is 4.08. The molecule has 0 radical (unpaired) electrons. The van der Waals surface area contributed by atoms with Crippen molar-refractivity contribution in [2.24, 2.45) is 0 Å². The van der Waals surface area contributed by atoms with Gasteiger partial charge < -0.3 is 5.32 Å². The van der Waals surface area contributed by atoms with E-state index < -0.39 is 5.91 Å². The van der Waals surface area contributed by atoms with Gasteiger partial charge >= 0.3 is 0 Å². The van der Waals surface area contributed by atoms with Gasteiger partial charge in [0.1, 0.15) is 11.6 Å². The minimum Gasteiger partial charge on any atom is -0.321 e. The number of nitriles is 1. The molecule has 0 heterocycles. The molecule has 116 valence electrons. The van der Waals surface area contributed by atoms with E-state index in [0.717, 1.165) is 20.8 Å². The first kappa shape index (κ1) is 16.0. The van der Waals surface area contributed by atoms with Gasteiger partial charge in [-0.15, -0.1) is 0 Å². The molecular formula is C20H13BrN2O. The zero-order chi connectivity index (χ0) is 16.9. The number of anilines is 1. The molecule has 0 unspecified atom stereocenters. The minimum atomic E-state index is -0.421. The van der Waals surface area contributed by atoms with Gasteiger partial charge in [0.15, 0.2) is 0 Å². The van der Waals surface area contributed by atoms with E-state index in [-0.39, 0.29) is 5.57 Å². The molecule has 0 aliphatic heterocycles. The Balaban J connectivity index is 1.83. The monoisotopic (exact) mass is 376 g/mol. The summed E-state index contributed by atoms with van der Waals surface area (Å²) in [6.45, 7) is 0. The van der Waals surface area contributed by atoms with Gasteiger partial charge in [-0.2, -0.15) is 5.26 Å². The Hall–Kier alpha value is -2.90. The highest BCUT2D eigenvalue weighted by Gasteiger charge is 2.09. The summed E-state index contributed by atoms with van der Waals surface area (Å²) < 4.78 is 0.943. The van der Waals surface area contributed by atoms with Crippen LogP contribution in [0.15, 0.2) is 76.8 Å². The molecular weight excluding hydrogens is 364 g/mol. The van der Waals surface area contributed by atoms with E-state index in [1.165, 1.54) is 0 Å². The van der Waals surface area contributed by atoms with Crippen molar-refractivity contribution < 1.29 is 4.79 Å². The van der Waals surface area contributed by atoms with Gasteiger partial charge in [-0.1, -0.05) is 58.4 Å². The van der Waals surface area contributed by atoms with Gasteiger partial charge in [-0.05, 0) is 46.7 Å². The standard InChI is InChI=1S/C20H13BrN2O/c21-18-8-5-14(6-9-18)11-17(13-22)20(24)23-19-10-7-15-3-1-2-4-16(15)12-19/h1-12H,(H,23,24)/b17-11+. The second-order valence-electron chi connectivity index (χ2n) is 5.24. The van der Waals surface area contributed by atoms with Crippen molar-refractivity contribution in [1.29, 1.82) is 5.26 Å². The van der Waals surface area contributed by atoms with Crippen molar-refractivity contribution in [3.63, 3.8) is 0 Å². The quantitative estimate of drug-likeness (QED) is 0.507. The molecule has 1 N–H and O–H groups in total. The van der Waals surface area contributed by atoms with E-state index in [1.54, 1.807) is 6.08 Å². The molecule has 0 aliphatic carbocycles. The van der Waals surface area contributed by atoms with Crippen LogP contribution in [0.1, 0.15) is 5.56 Å². The number of amides is 1. The first-order valence-corrected chi connectivity index (χ1v) is 8.12. The number of benzene rings is 3. The molecule has 0 saturated carbocycles. The second kappa shape index (κ2) is 7.12. The highest BCUT2D eigenvalue weighted by molar-refractivity contribution is 9.10. The highest BCUT2D eigenvalue weighted by Crippen LogP contribution is 2.20. The Morgan fingerprint density at radius 3 is 2.42 bits per heavy atom. The Labute approximate surface area is 148 Å². The zero-order valence-electron chi connectivity index (χ0n) is 12.7. The Kier molecular flexibility index (Phi) is 4.74. The second-order valence-corrected chi connectivity index (χ2v) is 6.15. The average Bonchev–Trinajstić information content (AvgIpc) is 2.61. The summed E-state index contributed by atoms with van der Waals surface area (Å²) in [5, 5.41) is 14.2. The fourth-order valence-electron chi connectivity index (χ4n) is 2.34. The Morgan fingerprint density at radius 2 is 1.71 bits per heavy atom. The fourth-order valence-corrected chi connectivity index (χ4v) is 2.60. The summed E-state index contributed by atoms with van der Waals surface area (Å²) in [6.07, 6.45) is 1.57. The number of rotatable bonds is 3. The van der Waals surface area contributed by atoms with Crippen LogP contribution in [0.3, 0.4) is 0 Å². The van der Waals surface area contributed by atoms with Crippen LogP contribution in [0.5, 0.6) is 0 Å². The van der Waals surface area contributed by atoms with Crippen LogP contribution in [-0.4, -0.2) is 5.91 Å². The van der Waals surface area contributed by atoms with Crippen LogP contribution in [-0.2, 0) is 4.79 Å². The molecule has 0 aliphatic rings. The molecule has 3 nitrogen and oxygen atoms in total. The van der Waals surface area contributed by atoms with E-state index in [4.69, 9.17) is 0 Å². The molecule has 0 fully saturated rings. The average molecular weight is 377 g/mol. The minimum absolute atomic E-state index is 0.0606. The van der Waals surface area contributed by atoms with Crippen LogP contribution >= 0.6 is 15.9 Å². The Morgan fingerprint density at radius 1 is 1.00 bits per heavy atom. The van der Waals surface area contributed by atoms with Gasteiger partial charge in [0, 0.05) is 10.2 Å². The van der Waals surface area contributed by atoms with Crippen molar-refractivity contribution in [1.82, 2.24) is 0 Å². The van der Waals surface area contributed by atoms with E-state index in [2.05, 4.69) is 21.2 Å². The van der Waals surface area contributed by atoms with Crippen LogP contribution in [0, 0.1) is 11.3 Å². The first-order chi connectivity index (χ1) is 11.7. The van der Waals surface area contributed by atoms with Gasteiger partial charge in [0.05, 0.1) is 0 Å². The highest BCUT2D eigenvalue weighted by atomic mass is 79.9. The lowest BCUT2D eigenvalue weighted by Crippen LogP contribution is -2.13. The number of carbonyl (C=O) groups excluding carboxylic acids is 1. The van der Waals surface area contributed by atoms with Gasteiger partial charge in [0.25, 0.3) is 5.91 Å². The topological polar surface area (TPSA) is 52.9 Å². The maximum atomic E-state index is 12.3. The molecule has 24 heavy (non-hydrogen) atoms. The molecule has 0 spiro atoms. The van der Waals surface area contributed by atoms with E-state index in [0.29, 0.717) is 5.69 Å². The first-order valence-electron chi connectivity index (χ1n) is 7.33. The summed E-state index contributed by atoms with van der Waals surface area (Å²) in [4.78, 5) is 12.3. The molecule has 3 aromatic carbocycles. The van der Waals surface area contributed by atoms with Gasteiger partial charge in [0.2, 0.25) is 0 Å². The lowest BCUT2D eigenvalue weighted by atomic mass is 10.1. The van der Waals surface area contributed by atoms with Crippen molar-refractivity contribution in [3.8, 4) is 6.07 Å². The number of hydrogen-bond donors (Lipinski definition) is 1. The summed E-state index contributed by atoms with van der Waals surface area (Å²) in [5.41, 5.74) is 1.52. The number of carbonyl (C=O) groups is 1. The summed E-state index contributed by atoms with van der Waals surface area (Å²) in [7, 11) is 0. The van der Waals surface area contributed by atoms with Crippen molar-refractivity contribution in [2.75, 3.05) is 5.32 Å². The molecule has 3 rings (SSSR count). The fraction of sp³-hybridized carbons (Fsp3) is 0. The van der Waals surface area contributed by atoms with E-state index >= 15 is 0 Å². The summed E-state index contributed by atoms with van der Waals surface area (Å²) in [5.74, 6) is -0.421. The molecule has 0 atom stereocenters. The largest absolute Gasteiger partial charge is 0.321 e. The number of nitrogens with one attached hydrogen (secondary N) is 1. The lowest BCUT2D eigenvalue weighted by Gasteiger charge is -2.06. The molecule has 0 bridgehead atoms. The molecule has 0 saturated heterocycles. The normalized spacial score (nSPS) is 11.1. The third kappa shape index (κ3) is 3.70. The number of halogens is 1. The smallest absolute Gasteiger partial charge is 0.266 e. The number of hydrogen-bond acceptors (Lipinski definition) is 2. The summed E-state index contributed by atoms with van der Waals surface area (Å²) in [6, 6.07) is 22.9. The molecule has 0 aromatic heterocycles. The number of nitrogens with zero attached hydrogens (tertiary/aromatic N) is 1. The lowest BCUT2D eigenvalue weighted by molar-refractivity contribution is -0.112. The van der Waals surface area contributed by atoms with Crippen LogP contribution in [0.2, 0.25) is 0 Å². The maximum Gasteiger partial charge on any atom is 0.266 e. The Bertz CT molecular complexity index is 969. The van der Waals surface area contributed by atoms with Crippen LogP contribution < -0.4 is 5.32 Å². The molecule has 4 heteroatoms. The predicted octanol–water partition coefficient (Wildman–Crippen LogP) is 5.15.